The third kappa shape index (κ3) is 5.02. The number of benzene rings is 1. The second-order valence-electron chi connectivity index (χ2n) is 6.07. The molecule has 2 heterocycles. The number of amides is 1. The summed E-state index contributed by atoms with van der Waals surface area (Å²) in [6.45, 7) is 3.52. The highest BCUT2D eigenvalue weighted by Gasteiger charge is 2.21. The number of carbonyl (C=O) groups is 2. The van der Waals surface area contributed by atoms with Crippen molar-refractivity contribution in [3.63, 3.8) is 0 Å². The van der Waals surface area contributed by atoms with Gasteiger partial charge in [-0.1, -0.05) is 0 Å². The molecule has 1 fully saturated rings. The zero-order chi connectivity index (χ0) is 21.4. The fraction of sp³-hybridized carbons (Fsp3) is 0.333. The maximum absolute atomic E-state index is 12.6. The number of hydrogen-bond donors (Lipinski definition) is 5. The van der Waals surface area contributed by atoms with Gasteiger partial charge < -0.3 is 30.9 Å². The fourth-order valence-electron chi connectivity index (χ4n) is 2.95. The van der Waals surface area contributed by atoms with Crippen molar-refractivity contribution in [1.29, 1.82) is 0 Å². The van der Waals surface area contributed by atoms with Crippen molar-refractivity contribution < 1.29 is 19.4 Å². The lowest BCUT2D eigenvalue weighted by Gasteiger charge is -2.17. The standard InChI is InChI=1S/C17H22N6O3.CH2O2/c1-2-26-12-9-10(17(25)23-7-3-4-8-23)5-6-11(12)14-20-15(22-19)13(18)16(24)21-14;2-1-3/h5-6,9H,2-4,7-8,18-19H2,1H3,(H2,20,21,22,24);1H,(H,2,3). The van der Waals surface area contributed by atoms with Crippen LogP contribution in [0, 0.1) is 0 Å². The highest BCUT2D eigenvalue weighted by Crippen LogP contribution is 2.30. The predicted molar refractivity (Wildman–Crippen MR) is 108 cm³/mol. The lowest BCUT2D eigenvalue weighted by molar-refractivity contribution is -0.122. The molecule has 11 heteroatoms. The highest BCUT2D eigenvalue weighted by atomic mass is 16.5. The smallest absolute Gasteiger partial charge is 0.290 e. The molecule has 1 aliphatic rings. The van der Waals surface area contributed by atoms with E-state index in [2.05, 4.69) is 15.4 Å². The van der Waals surface area contributed by atoms with Crippen LogP contribution in [0.1, 0.15) is 30.1 Å². The van der Waals surface area contributed by atoms with Gasteiger partial charge in [-0.2, -0.15) is 0 Å². The van der Waals surface area contributed by atoms with Crippen molar-refractivity contribution >= 4 is 23.9 Å². The molecule has 7 N–H and O–H groups in total. The van der Waals surface area contributed by atoms with Gasteiger partial charge in [0.1, 0.15) is 17.3 Å². The van der Waals surface area contributed by atoms with Crippen molar-refractivity contribution in [3.05, 3.63) is 34.1 Å². The van der Waals surface area contributed by atoms with Crippen LogP contribution < -0.4 is 27.3 Å². The number of ether oxygens (including phenoxy) is 1. The summed E-state index contributed by atoms with van der Waals surface area (Å²) in [5.41, 5.74) is 8.41. The number of anilines is 2. The minimum Gasteiger partial charge on any atom is -0.493 e. The molecule has 3 rings (SSSR count). The average molecular weight is 404 g/mol. The SMILES string of the molecule is CCOc1cc(C(=O)N2CCCC2)ccc1-c1nc(NN)c(N)c(=O)[nH]1.O=CO. The van der Waals surface area contributed by atoms with Crippen LogP contribution in [-0.4, -0.2) is 52.1 Å². The van der Waals surface area contributed by atoms with Gasteiger partial charge in [0.25, 0.3) is 17.9 Å². The molecule has 0 bridgehead atoms. The Morgan fingerprint density at radius 3 is 2.66 bits per heavy atom. The second-order valence-corrected chi connectivity index (χ2v) is 6.07. The van der Waals surface area contributed by atoms with Crippen LogP contribution in [0.2, 0.25) is 0 Å². The topological polar surface area (TPSA) is 177 Å². The van der Waals surface area contributed by atoms with Gasteiger partial charge in [0.15, 0.2) is 5.82 Å². The Balaban J connectivity index is 0.000000941. The molecular weight excluding hydrogens is 380 g/mol. The lowest BCUT2D eigenvalue weighted by Crippen LogP contribution is -2.27. The predicted octanol–water partition coefficient (Wildman–Crippen LogP) is 0.640. The summed E-state index contributed by atoms with van der Waals surface area (Å²) in [6.07, 6.45) is 2.04. The van der Waals surface area contributed by atoms with Crippen LogP contribution in [-0.2, 0) is 4.79 Å². The van der Waals surface area contributed by atoms with Gasteiger partial charge in [-0.05, 0) is 38.0 Å². The van der Waals surface area contributed by atoms with Gasteiger partial charge in [0, 0.05) is 18.7 Å². The molecule has 1 aliphatic heterocycles. The summed E-state index contributed by atoms with van der Waals surface area (Å²) in [6, 6.07) is 5.07. The number of hydrazine groups is 1. The van der Waals surface area contributed by atoms with E-state index < -0.39 is 5.56 Å². The maximum atomic E-state index is 12.6. The number of rotatable bonds is 5. The molecule has 0 atom stereocenters. The molecule has 1 amide bonds. The summed E-state index contributed by atoms with van der Waals surface area (Å²) in [5.74, 6) is 6.12. The number of aromatic amines is 1. The first kappa shape index (κ1) is 21.7. The first-order valence-corrected chi connectivity index (χ1v) is 8.97. The summed E-state index contributed by atoms with van der Waals surface area (Å²) >= 11 is 0. The number of nitrogen functional groups attached to an aromatic ring is 2. The third-order valence-electron chi connectivity index (χ3n) is 4.27. The van der Waals surface area contributed by atoms with Crippen LogP contribution in [0.3, 0.4) is 0 Å². The Morgan fingerprint density at radius 2 is 2.07 bits per heavy atom. The molecule has 0 spiro atoms. The Bertz CT molecular complexity index is 923. The van der Waals surface area contributed by atoms with Crippen molar-refractivity contribution in [1.82, 2.24) is 14.9 Å². The molecule has 156 valence electrons. The van der Waals surface area contributed by atoms with E-state index in [0.717, 1.165) is 25.9 Å². The van der Waals surface area contributed by atoms with Gasteiger partial charge >= 0.3 is 0 Å². The van der Waals surface area contributed by atoms with Gasteiger partial charge in [0.2, 0.25) is 0 Å². The van der Waals surface area contributed by atoms with Crippen molar-refractivity contribution in [2.45, 2.75) is 19.8 Å². The molecule has 2 aromatic rings. The van der Waals surface area contributed by atoms with E-state index in [-0.39, 0.29) is 29.7 Å². The molecular formula is C18H24N6O5. The van der Waals surface area contributed by atoms with E-state index in [1.54, 1.807) is 18.2 Å². The van der Waals surface area contributed by atoms with Gasteiger partial charge in [-0.3, -0.25) is 14.4 Å². The minimum atomic E-state index is -0.511. The molecule has 0 unspecified atom stereocenters. The second kappa shape index (κ2) is 10.1. The fourth-order valence-corrected chi connectivity index (χ4v) is 2.95. The van der Waals surface area contributed by atoms with Crippen molar-refractivity contribution in [2.75, 3.05) is 30.9 Å². The van der Waals surface area contributed by atoms with Crippen LogP contribution in [0.4, 0.5) is 11.5 Å². The first-order chi connectivity index (χ1) is 14.0. The Morgan fingerprint density at radius 1 is 1.41 bits per heavy atom. The van der Waals surface area contributed by atoms with Gasteiger partial charge in [-0.25, -0.2) is 10.8 Å². The zero-order valence-corrected chi connectivity index (χ0v) is 16.0. The van der Waals surface area contributed by atoms with Gasteiger partial charge in [-0.15, -0.1) is 0 Å². The molecule has 11 nitrogen and oxygen atoms in total. The number of carbonyl (C=O) groups excluding carboxylic acids is 1. The number of carboxylic acid groups (broad SMARTS) is 1. The number of aromatic nitrogens is 2. The average Bonchev–Trinajstić information content (AvgIpc) is 3.25. The lowest BCUT2D eigenvalue weighted by atomic mass is 10.1. The maximum Gasteiger partial charge on any atom is 0.290 e. The van der Waals surface area contributed by atoms with Crippen LogP contribution in [0.25, 0.3) is 11.4 Å². The third-order valence-corrected chi connectivity index (χ3v) is 4.27. The summed E-state index contributed by atoms with van der Waals surface area (Å²) < 4.78 is 5.67. The Hall–Kier alpha value is -3.60. The number of nitrogens with zero attached hydrogens (tertiary/aromatic N) is 2. The Kier molecular flexibility index (Phi) is 7.54. The van der Waals surface area contributed by atoms with E-state index in [1.807, 2.05) is 11.8 Å². The molecule has 1 aromatic heterocycles. The largest absolute Gasteiger partial charge is 0.493 e. The zero-order valence-electron chi connectivity index (χ0n) is 16.0. The summed E-state index contributed by atoms with van der Waals surface area (Å²) in [5, 5.41) is 6.89. The van der Waals surface area contributed by atoms with E-state index in [0.29, 0.717) is 23.5 Å². The molecule has 1 saturated heterocycles. The van der Waals surface area contributed by atoms with Crippen LogP contribution in [0.5, 0.6) is 5.75 Å². The number of nitrogens with one attached hydrogen (secondary N) is 2. The molecule has 29 heavy (non-hydrogen) atoms. The first-order valence-electron chi connectivity index (χ1n) is 8.97. The van der Waals surface area contributed by atoms with E-state index in [9.17, 15) is 9.59 Å². The van der Waals surface area contributed by atoms with Gasteiger partial charge in [0.05, 0.1) is 12.2 Å². The van der Waals surface area contributed by atoms with Crippen LogP contribution >= 0.6 is 0 Å². The normalized spacial score (nSPS) is 12.7. The summed E-state index contributed by atoms with van der Waals surface area (Å²) in [7, 11) is 0. The number of hydrogen-bond acceptors (Lipinski definition) is 8. The van der Waals surface area contributed by atoms with E-state index in [1.165, 1.54) is 0 Å². The summed E-state index contributed by atoms with van der Waals surface area (Å²) in [4.78, 5) is 41.6. The monoisotopic (exact) mass is 404 g/mol. The number of H-pyrrole nitrogens is 1. The Labute approximate surface area is 166 Å². The molecule has 0 aliphatic carbocycles. The quantitative estimate of drug-likeness (QED) is 0.272. The van der Waals surface area contributed by atoms with Crippen LogP contribution in [0.15, 0.2) is 23.0 Å². The molecule has 0 radical (unpaired) electrons. The van der Waals surface area contributed by atoms with E-state index in [4.69, 9.17) is 26.2 Å². The highest BCUT2D eigenvalue weighted by molar-refractivity contribution is 5.95. The minimum absolute atomic E-state index is 0.0296. The van der Waals surface area contributed by atoms with Crippen molar-refractivity contribution in [3.8, 4) is 17.1 Å². The molecule has 0 saturated carbocycles. The van der Waals surface area contributed by atoms with E-state index >= 15 is 0 Å². The number of nitrogens with two attached hydrogens (primary N) is 2. The molecule has 1 aromatic carbocycles. The number of likely N-dealkylation sites (tertiary alicyclic amines) is 1. The van der Waals surface area contributed by atoms with Crippen molar-refractivity contribution in [2.24, 2.45) is 5.84 Å².